The maximum absolute atomic E-state index is 5.47. The third kappa shape index (κ3) is 4.82. The lowest BCUT2D eigenvalue weighted by molar-refractivity contribution is -0.857. The van der Waals surface area contributed by atoms with Crippen molar-refractivity contribution in [3.8, 4) is 0 Å². The van der Waals surface area contributed by atoms with Crippen molar-refractivity contribution in [3.05, 3.63) is 46.0 Å². The van der Waals surface area contributed by atoms with E-state index in [1.165, 1.54) is 15.3 Å². The van der Waals surface area contributed by atoms with Crippen LogP contribution in [0.2, 0.25) is 0 Å². The van der Waals surface area contributed by atoms with Crippen molar-refractivity contribution in [2.75, 3.05) is 27.2 Å². The summed E-state index contributed by atoms with van der Waals surface area (Å²) in [6.07, 6.45) is 1.75. The summed E-state index contributed by atoms with van der Waals surface area (Å²) in [5.41, 5.74) is 1.36. The fraction of sp³-hybridized carbons (Fsp3) is 0.467. The molecule has 3 nitrogen and oxygen atoms in total. The minimum atomic E-state index is 0.886. The molecule has 2 aromatic heterocycles. The minimum absolute atomic E-state index is 0.886. The molecule has 4 heteroatoms. The maximum Gasteiger partial charge on any atom is 0.117 e. The Labute approximate surface area is 119 Å². The number of rotatable bonds is 7. The highest BCUT2D eigenvalue weighted by atomic mass is 32.1. The van der Waals surface area contributed by atoms with E-state index in [2.05, 4.69) is 43.4 Å². The number of nitrogens with one attached hydrogen (secondary N) is 1. The van der Waals surface area contributed by atoms with E-state index in [-0.39, 0.29) is 0 Å². The SMILES string of the molecule is Cc1csc(CN(CC[NH+](C)C)Cc2ccco2)c1. The quantitative estimate of drug-likeness (QED) is 0.834. The molecule has 0 aliphatic heterocycles. The van der Waals surface area contributed by atoms with Crippen LogP contribution in [-0.2, 0) is 13.1 Å². The van der Waals surface area contributed by atoms with E-state index in [0.29, 0.717) is 0 Å². The molecule has 0 aliphatic carbocycles. The second-order valence-electron chi connectivity index (χ2n) is 5.34. The summed E-state index contributed by atoms with van der Waals surface area (Å²) in [7, 11) is 4.39. The first-order valence-corrected chi connectivity index (χ1v) is 7.59. The summed E-state index contributed by atoms with van der Waals surface area (Å²) < 4.78 is 5.47. The number of hydrogen-bond donors (Lipinski definition) is 1. The molecule has 0 aliphatic rings. The zero-order valence-corrected chi connectivity index (χ0v) is 12.8. The summed E-state index contributed by atoms with van der Waals surface area (Å²) >= 11 is 1.85. The molecule has 0 bridgehead atoms. The fourth-order valence-electron chi connectivity index (χ4n) is 2.01. The van der Waals surface area contributed by atoms with E-state index >= 15 is 0 Å². The van der Waals surface area contributed by atoms with Crippen molar-refractivity contribution < 1.29 is 9.32 Å². The van der Waals surface area contributed by atoms with Crippen LogP contribution in [-0.4, -0.2) is 32.1 Å². The van der Waals surface area contributed by atoms with E-state index in [0.717, 1.165) is 31.9 Å². The zero-order valence-electron chi connectivity index (χ0n) is 12.0. The van der Waals surface area contributed by atoms with Crippen LogP contribution in [0.4, 0.5) is 0 Å². The number of thiophene rings is 1. The molecule has 0 unspecified atom stereocenters. The first kappa shape index (κ1) is 14.3. The highest BCUT2D eigenvalue weighted by Gasteiger charge is 2.11. The average molecular weight is 279 g/mol. The lowest BCUT2D eigenvalue weighted by Gasteiger charge is -2.21. The van der Waals surface area contributed by atoms with Gasteiger partial charge in [0.2, 0.25) is 0 Å². The molecule has 0 saturated carbocycles. The molecule has 0 saturated heterocycles. The summed E-state index contributed by atoms with van der Waals surface area (Å²) in [5.74, 6) is 1.04. The van der Waals surface area contributed by atoms with Crippen LogP contribution in [0, 0.1) is 6.92 Å². The molecule has 104 valence electrons. The largest absolute Gasteiger partial charge is 0.468 e. The highest BCUT2D eigenvalue weighted by molar-refractivity contribution is 7.10. The van der Waals surface area contributed by atoms with E-state index in [1.54, 1.807) is 6.26 Å². The second kappa shape index (κ2) is 6.89. The molecule has 0 radical (unpaired) electrons. The van der Waals surface area contributed by atoms with Gasteiger partial charge in [0.25, 0.3) is 0 Å². The molecule has 2 heterocycles. The first-order chi connectivity index (χ1) is 9.13. The number of aryl methyl sites for hydroxylation is 1. The topological polar surface area (TPSA) is 20.8 Å². The van der Waals surface area contributed by atoms with E-state index in [4.69, 9.17) is 4.42 Å². The first-order valence-electron chi connectivity index (χ1n) is 6.71. The van der Waals surface area contributed by atoms with Crippen LogP contribution in [0.1, 0.15) is 16.2 Å². The fourth-order valence-corrected chi connectivity index (χ4v) is 2.93. The Balaban J connectivity index is 1.96. The van der Waals surface area contributed by atoms with E-state index in [9.17, 15) is 0 Å². The van der Waals surface area contributed by atoms with Gasteiger partial charge in [-0.05, 0) is 36.1 Å². The average Bonchev–Trinajstić information content (AvgIpc) is 2.98. The van der Waals surface area contributed by atoms with Crippen LogP contribution in [0.5, 0.6) is 0 Å². The minimum Gasteiger partial charge on any atom is -0.468 e. The lowest BCUT2D eigenvalue weighted by Crippen LogP contribution is -3.06. The van der Waals surface area contributed by atoms with Gasteiger partial charge in [-0.15, -0.1) is 11.3 Å². The zero-order chi connectivity index (χ0) is 13.7. The van der Waals surface area contributed by atoms with Gasteiger partial charge in [-0.2, -0.15) is 0 Å². The van der Waals surface area contributed by atoms with Gasteiger partial charge >= 0.3 is 0 Å². The van der Waals surface area contributed by atoms with Crippen LogP contribution in [0.3, 0.4) is 0 Å². The lowest BCUT2D eigenvalue weighted by atomic mass is 10.3. The Morgan fingerprint density at radius 3 is 2.74 bits per heavy atom. The number of hydrogen-bond acceptors (Lipinski definition) is 3. The van der Waals surface area contributed by atoms with Gasteiger partial charge in [0.05, 0.1) is 33.4 Å². The number of likely N-dealkylation sites (N-methyl/N-ethyl adjacent to an activating group) is 1. The Morgan fingerprint density at radius 1 is 1.32 bits per heavy atom. The number of quaternary nitrogens is 1. The third-order valence-corrected chi connectivity index (χ3v) is 4.09. The molecule has 2 aromatic rings. The van der Waals surface area contributed by atoms with Gasteiger partial charge in [-0.3, -0.25) is 4.90 Å². The van der Waals surface area contributed by atoms with Gasteiger partial charge in [-0.1, -0.05) is 0 Å². The van der Waals surface area contributed by atoms with Gasteiger partial charge in [0.15, 0.2) is 0 Å². The monoisotopic (exact) mass is 279 g/mol. The van der Waals surface area contributed by atoms with Crippen LogP contribution in [0.15, 0.2) is 34.3 Å². The van der Waals surface area contributed by atoms with Crippen LogP contribution >= 0.6 is 11.3 Å². The third-order valence-electron chi connectivity index (χ3n) is 3.05. The van der Waals surface area contributed by atoms with Crippen molar-refractivity contribution in [2.24, 2.45) is 0 Å². The molecule has 1 N–H and O–H groups in total. The van der Waals surface area contributed by atoms with Gasteiger partial charge in [0, 0.05) is 18.0 Å². The summed E-state index contributed by atoms with van der Waals surface area (Å²) in [5, 5.41) is 2.22. The van der Waals surface area contributed by atoms with Crippen LogP contribution in [0.25, 0.3) is 0 Å². The second-order valence-corrected chi connectivity index (χ2v) is 6.33. The van der Waals surface area contributed by atoms with Crippen molar-refractivity contribution >= 4 is 11.3 Å². The van der Waals surface area contributed by atoms with E-state index < -0.39 is 0 Å². The summed E-state index contributed by atoms with van der Waals surface area (Å²) in [4.78, 5) is 5.36. The highest BCUT2D eigenvalue weighted by Crippen LogP contribution is 2.17. The Morgan fingerprint density at radius 2 is 2.16 bits per heavy atom. The standard InChI is InChI=1S/C15H22N2OS/c1-13-9-15(19-12-13)11-17(7-6-16(2)3)10-14-5-4-8-18-14/h4-5,8-9,12H,6-7,10-11H2,1-3H3/p+1. The Kier molecular flexibility index (Phi) is 5.19. The van der Waals surface area contributed by atoms with Gasteiger partial charge in [0.1, 0.15) is 5.76 Å². The predicted octanol–water partition coefficient (Wildman–Crippen LogP) is 1.80. The van der Waals surface area contributed by atoms with Crippen molar-refractivity contribution in [2.45, 2.75) is 20.0 Å². The van der Waals surface area contributed by atoms with E-state index in [1.807, 2.05) is 17.4 Å². The van der Waals surface area contributed by atoms with Gasteiger partial charge < -0.3 is 9.32 Å². The molecule has 0 spiro atoms. The smallest absolute Gasteiger partial charge is 0.117 e. The number of furan rings is 1. The molecular weight excluding hydrogens is 256 g/mol. The maximum atomic E-state index is 5.47. The Hall–Kier alpha value is -1.10. The van der Waals surface area contributed by atoms with Crippen LogP contribution < -0.4 is 4.90 Å². The molecule has 2 rings (SSSR count). The molecule has 0 atom stereocenters. The van der Waals surface area contributed by atoms with Crippen molar-refractivity contribution in [3.63, 3.8) is 0 Å². The molecule has 19 heavy (non-hydrogen) atoms. The summed E-state index contributed by atoms with van der Waals surface area (Å²) in [6, 6.07) is 6.29. The van der Waals surface area contributed by atoms with Crippen molar-refractivity contribution in [1.29, 1.82) is 0 Å². The molecule has 0 fully saturated rings. The molecular formula is C15H23N2OS+. The van der Waals surface area contributed by atoms with Gasteiger partial charge in [-0.25, -0.2) is 0 Å². The van der Waals surface area contributed by atoms with Crippen molar-refractivity contribution in [1.82, 2.24) is 4.90 Å². The Bertz CT molecular complexity index is 476. The predicted molar refractivity (Wildman–Crippen MR) is 79.6 cm³/mol. The number of nitrogens with zero attached hydrogens (tertiary/aromatic N) is 1. The molecule has 0 amide bonds. The normalized spacial score (nSPS) is 11.6. The summed E-state index contributed by atoms with van der Waals surface area (Å²) in [6.45, 7) is 6.27. The molecule has 0 aromatic carbocycles.